The van der Waals surface area contributed by atoms with Gasteiger partial charge in [0.15, 0.2) is 0 Å². The summed E-state index contributed by atoms with van der Waals surface area (Å²) in [7, 11) is 0. The Hall–Kier alpha value is -0.310. The second kappa shape index (κ2) is 5.15. The number of nitrogens with zero attached hydrogens (tertiary/aromatic N) is 2. The van der Waals surface area contributed by atoms with Crippen LogP contribution in [0.15, 0.2) is 12.3 Å². The van der Waals surface area contributed by atoms with Crippen LogP contribution in [0.25, 0.3) is 0 Å². The van der Waals surface area contributed by atoms with Crippen molar-refractivity contribution >= 4 is 15.9 Å². The van der Waals surface area contributed by atoms with Gasteiger partial charge in [-0.1, -0.05) is 36.7 Å². The monoisotopic (exact) mass is 272 g/mol. The zero-order valence-corrected chi connectivity index (χ0v) is 11.7. The van der Waals surface area contributed by atoms with E-state index < -0.39 is 0 Å². The first-order valence-electron chi connectivity index (χ1n) is 5.58. The van der Waals surface area contributed by atoms with E-state index in [2.05, 4.69) is 65.7 Å². The third-order valence-electron chi connectivity index (χ3n) is 2.73. The van der Waals surface area contributed by atoms with E-state index in [0.29, 0.717) is 6.04 Å². The number of rotatable bonds is 5. The average molecular weight is 273 g/mol. The highest BCUT2D eigenvalue weighted by molar-refractivity contribution is 9.09. The molecule has 0 saturated heterocycles. The molecule has 1 aromatic heterocycles. The van der Waals surface area contributed by atoms with Gasteiger partial charge in [-0.25, -0.2) is 0 Å². The molecule has 0 N–H and O–H groups in total. The molecule has 1 atom stereocenters. The van der Waals surface area contributed by atoms with Crippen molar-refractivity contribution in [3.8, 4) is 0 Å². The maximum Gasteiger partial charge on any atom is 0.0630 e. The summed E-state index contributed by atoms with van der Waals surface area (Å²) in [6.07, 6.45) is 4.25. The summed E-state index contributed by atoms with van der Waals surface area (Å²) in [5, 5.41) is 5.62. The van der Waals surface area contributed by atoms with Gasteiger partial charge in [0.05, 0.1) is 5.69 Å². The summed E-state index contributed by atoms with van der Waals surface area (Å²) < 4.78 is 2.07. The molecule has 0 radical (unpaired) electrons. The minimum atomic E-state index is 0.286. The van der Waals surface area contributed by atoms with Crippen molar-refractivity contribution in [2.24, 2.45) is 5.41 Å². The van der Waals surface area contributed by atoms with Crippen molar-refractivity contribution in [2.75, 3.05) is 5.33 Å². The molecular formula is C12H21BrN2. The lowest BCUT2D eigenvalue weighted by atomic mass is 9.91. The molecule has 1 rings (SSSR count). The van der Waals surface area contributed by atoms with E-state index >= 15 is 0 Å². The van der Waals surface area contributed by atoms with Crippen LogP contribution in [0.4, 0.5) is 0 Å². The third kappa shape index (κ3) is 3.63. The van der Waals surface area contributed by atoms with E-state index in [1.165, 1.54) is 5.69 Å². The van der Waals surface area contributed by atoms with Crippen LogP contribution in [0, 0.1) is 5.41 Å². The Morgan fingerprint density at radius 2 is 2.20 bits per heavy atom. The van der Waals surface area contributed by atoms with Gasteiger partial charge >= 0.3 is 0 Å². The number of halogens is 1. The molecule has 3 heteroatoms. The molecule has 1 unspecified atom stereocenters. The molecule has 1 heterocycles. The molecule has 0 bridgehead atoms. The standard InChI is InChI=1S/C12H21BrN2/c1-5-10(2)15-7-6-11(14-15)8-12(3,4)9-13/h6-7,10H,5,8-9H2,1-4H3. The fourth-order valence-corrected chi connectivity index (χ4v) is 1.64. The highest BCUT2D eigenvalue weighted by Crippen LogP contribution is 2.23. The number of alkyl halides is 1. The third-order valence-corrected chi connectivity index (χ3v) is 4.25. The van der Waals surface area contributed by atoms with Crippen molar-refractivity contribution in [3.05, 3.63) is 18.0 Å². The SMILES string of the molecule is CCC(C)n1ccc(CC(C)(C)CBr)n1. The molecule has 0 aliphatic carbocycles. The van der Waals surface area contributed by atoms with Crippen LogP contribution < -0.4 is 0 Å². The topological polar surface area (TPSA) is 17.8 Å². The van der Waals surface area contributed by atoms with E-state index in [1.54, 1.807) is 0 Å². The van der Waals surface area contributed by atoms with Crippen molar-refractivity contribution in [2.45, 2.75) is 46.6 Å². The van der Waals surface area contributed by atoms with Crippen LogP contribution in [-0.4, -0.2) is 15.1 Å². The first-order chi connectivity index (χ1) is 6.98. The zero-order valence-electron chi connectivity index (χ0n) is 10.1. The van der Waals surface area contributed by atoms with Crippen LogP contribution in [-0.2, 0) is 6.42 Å². The van der Waals surface area contributed by atoms with Gasteiger partial charge in [0.25, 0.3) is 0 Å². The summed E-state index contributed by atoms with van der Waals surface area (Å²) in [5.74, 6) is 0. The van der Waals surface area contributed by atoms with Gasteiger partial charge in [-0.15, -0.1) is 0 Å². The summed E-state index contributed by atoms with van der Waals surface area (Å²) in [6.45, 7) is 8.90. The van der Waals surface area contributed by atoms with Crippen molar-refractivity contribution < 1.29 is 0 Å². The molecule has 0 amide bonds. The Labute approximate surface area is 101 Å². The van der Waals surface area contributed by atoms with Crippen LogP contribution >= 0.6 is 15.9 Å². The second-order valence-electron chi connectivity index (χ2n) is 5.02. The molecule has 0 fully saturated rings. The predicted molar refractivity (Wildman–Crippen MR) is 68.5 cm³/mol. The van der Waals surface area contributed by atoms with Crippen molar-refractivity contribution in [1.82, 2.24) is 9.78 Å². The zero-order chi connectivity index (χ0) is 11.5. The number of hydrogen-bond donors (Lipinski definition) is 0. The van der Waals surface area contributed by atoms with Crippen LogP contribution in [0.5, 0.6) is 0 Å². The van der Waals surface area contributed by atoms with E-state index in [1.807, 2.05) is 0 Å². The lowest BCUT2D eigenvalue weighted by Gasteiger charge is -2.19. The van der Waals surface area contributed by atoms with Crippen molar-refractivity contribution in [1.29, 1.82) is 0 Å². The highest BCUT2D eigenvalue weighted by Gasteiger charge is 2.18. The van der Waals surface area contributed by atoms with Crippen LogP contribution in [0.2, 0.25) is 0 Å². The minimum absolute atomic E-state index is 0.286. The van der Waals surface area contributed by atoms with Gasteiger partial charge in [-0.05, 0) is 31.2 Å². The van der Waals surface area contributed by atoms with E-state index in [0.717, 1.165) is 18.2 Å². The first kappa shape index (κ1) is 12.8. The quantitative estimate of drug-likeness (QED) is 0.746. The first-order valence-corrected chi connectivity index (χ1v) is 6.70. The van der Waals surface area contributed by atoms with E-state index in [4.69, 9.17) is 0 Å². The fraction of sp³-hybridized carbons (Fsp3) is 0.750. The smallest absolute Gasteiger partial charge is 0.0630 e. The van der Waals surface area contributed by atoms with Crippen LogP contribution in [0.3, 0.4) is 0 Å². The molecule has 0 saturated carbocycles. The maximum absolute atomic E-state index is 4.61. The second-order valence-corrected chi connectivity index (χ2v) is 5.58. The Balaban J connectivity index is 2.68. The Morgan fingerprint density at radius 3 is 2.73 bits per heavy atom. The Kier molecular flexibility index (Phi) is 4.38. The number of hydrogen-bond acceptors (Lipinski definition) is 1. The summed E-state index contributed by atoms with van der Waals surface area (Å²) in [5.41, 5.74) is 1.48. The van der Waals surface area contributed by atoms with Crippen molar-refractivity contribution in [3.63, 3.8) is 0 Å². The van der Waals surface area contributed by atoms with Gasteiger partial charge in [-0.3, -0.25) is 4.68 Å². The molecule has 0 aliphatic heterocycles. The Bertz CT molecular complexity index is 304. The maximum atomic E-state index is 4.61. The van der Waals surface area contributed by atoms with E-state index in [9.17, 15) is 0 Å². The summed E-state index contributed by atoms with van der Waals surface area (Å²) in [6, 6.07) is 2.64. The van der Waals surface area contributed by atoms with Crippen LogP contribution in [0.1, 0.15) is 45.9 Å². The average Bonchev–Trinajstić information content (AvgIpc) is 2.64. The molecule has 0 spiro atoms. The normalized spacial score (nSPS) is 14.2. The molecule has 86 valence electrons. The summed E-state index contributed by atoms with van der Waals surface area (Å²) in [4.78, 5) is 0. The van der Waals surface area contributed by atoms with E-state index in [-0.39, 0.29) is 5.41 Å². The molecule has 15 heavy (non-hydrogen) atoms. The molecule has 1 aromatic rings. The molecule has 2 nitrogen and oxygen atoms in total. The largest absolute Gasteiger partial charge is 0.270 e. The lowest BCUT2D eigenvalue weighted by Crippen LogP contribution is -2.17. The van der Waals surface area contributed by atoms with Gasteiger partial charge < -0.3 is 0 Å². The number of aromatic nitrogens is 2. The van der Waals surface area contributed by atoms with Gasteiger partial charge in [0, 0.05) is 17.6 Å². The Morgan fingerprint density at radius 1 is 1.53 bits per heavy atom. The summed E-state index contributed by atoms with van der Waals surface area (Å²) >= 11 is 3.54. The van der Waals surface area contributed by atoms with Gasteiger partial charge in [0.1, 0.15) is 0 Å². The highest BCUT2D eigenvalue weighted by atomic mass is 79.9. The molecule has 0 aromatic carbocycles. The minimum Gasteiger partial charge on any atom is -0.270 e. The van der Waals surface area contributed by atoms with Gasteiger partial charge in [-0.2, -0.15) is 5.10 Å². The fourth-order valence-electron chi connectivity index (χ4n) is 1.44. The molecule has 0 aliphatic rings. The predicted octanol–water partition coefficient (Wildman–Crippen LogP) is 3.82. The molecular weight excluding hydrogens is 252 g/mol. The lowest BCUT2D eigenvalue weighted by molar-refractivity contribution is 0.409. The van der Waals surface area contributed by atoms with Gasteiger partial charge in [0.2, 0.25) is 0 Å².